The number of rotatable bonds is 4. The number of hydrogen-bond acceptors (Lipinski definition) is 1. The summed E-state index contributed by atoms with van der Waals surface area (Å²) in [6.07, 6.45) is 1.58. The van der Waals surface area contributed by atoms with Crippen LogP contribution < -0.4 is 5.32 Å². The summed E-state index contributed by atoms with van der Waals surface area (Å²) in [7, 11) is 0. The number of carbonyl (C=O) groups is 1. The Morgan fingerprint density at radius 1 is 1.40 bits per heavy atom. The van der Waals surface area contributed by atoms with Crippen molar-refractivity contribution in [3.8, 4) is 0 Å². The zero-order chi connectivity index (χ0) is 11.3. The first kappa shape index (κ1) is 11.4. The van der Waals surface area contributed by atoms with Gasteiger partial charge in [-0.15, -0.1) is 6.58 Å². The minimum absolute atomic E-state index is 0.0328. The van der Waals surface area contributed by atoms with Gasteiger partial charge in [0, 0.05) is 6.54 Å². The van der Waals surface area contributed by atoms with E-state index < -0.39 is 11.6 Å². The number of carbonyl (C=O) groups excluding carboxylic acids is 1. The molecule has 1 N–H and O–H groups in total. The number of nitrogens with one attached hydrogen (secondary N) is 1. The molecule has 2 nitrogen and oxygen atoms in total. The molecule has 0 radical (unpaired) electrons. The maximum absolute atomic E-state index is 12.8. The lowest BCUT2D eigenvalue weighted by Crippen LogP contribution is -2.24. The summed E-state index contributed by atoms with van der Waals surface area (Å²) >= 11 is 0. The molecule has 0 atom stereocenters. The number of benzene rings is 1. The Balaban J connectivity index is 2.60. The van der Waals surface area contributed by atoms with Gasteiger partial charge >= 0.3 is 0 Å². The van der Waals surface area contributed by atoms with Crippen LogP contribution in [0.3, 0.4) is 0 Å². The highest BCUT2D eigenvalue weighted by Gasteiger charge is 2.06. The van der Waals surface area contributed by atoms with Gasteiger partial charge in [0.15, 0.2) is 11.6 Å². The van der Waals surface area contributed by atoms with Crippen molar-refractivity contribution in [2.24, 2.45) is 0 Å². The molecule has 0 spiro atoms. The molecule has 1 aromatic carbocycles. The lowest BCUT2D eigenvalue weighted by atomic mass is 10.1. The van der Waals surface area contributed by atoms with Crippen LogP contribution in [-0.4, -0.2) is 12.5 Å². The predicted molar refractivity (Wildman–Crippen MR) is 53.3 cm³/mol. The van der Waals surface area contributed by atoms with Crippen LogP contribution in [0.2, 0.25) is 0 Å². The van der Waals surface area contributed by atoms with Crippen molar-refractivity contribution in [2.45, 2.75) is 6.42 Å². The van der Waals surface area contributed by atoms with Crippen molar-refractivity contribution < 1.29 is 13.6 Å². The summed E-state index contributed by atoms with van der Waals surface area (Å²) in [6, 6.07) is 3.40. The van der Waals surface area contributed by atoms with Crippen LogP contribution in [0.5, 0.6) is 0 Å². The fraction of sp³-hybridized carbons (Fsp3) is 0.182. The summed E-state index contributed by atoms with van der Waals surface area (Å²) in [5.41, 5.74) is 0.440. The first-order valence-corrected chi connectivity index (χ1v) is 4.45. The number of halogens is 2. The summed E-state index contributed by atoms with van der Waals surface area (Å²) in [5.74, 6) is -2.10. The van der Waals surface area contributed by atoms with Crippen LogP contribution >= 0.6 is 0 Å². The first-order chi connectivity index (χ1) is 7.13. The third kappa shape index (κ3) is 3.50. The Morgan fingerprint density at radius 3 is 2.73 bits per heavy atom. The topological polar surface area (TPSA) is 29.1 Å². The van der Waals surface area contributed by atoms with E-state index in [0.29, 0.717) is 12.1 Å². The van der Waals surface area contributed by atoms with E-state index in [2.05, 4.69) is 11.9 Å². The second-order valence-corrected chi connectivity index (χ2v) is 3.02. The van der Waals surface area contributed by atoms with Gasteiger partial charge in [-0.1, -0.05) is 12.1 Å². The van der Waals surface area contributed by atoms with Gasteiger partial charge in [0.2, 0.25) is 5.91 Å². The third-order valence-corrected chi connectivity index (χ3v) is 1.79. The van der Waals surface area contributed by atoms with Crippen LogP contribution in [0.25, 0.3) is 0 Å². The smallest absolute Gasteiger partial charge is 0.224 e. The molecule has 0 aliphatic carbocycles. The maximum atomic E-state index is 12.8. The summed E-state index contributed by atoms with van der Waals surface area (Å²) in [5, 5.41) is 2.54. The molecule has 0 fully saturated rings. The largest absolute Gasteiger partial charge is 0.352 e. The molecule has 4 heteroatoms. The van der Waals surface area contributed by atoms with Gasteiger partial charge < -0.3 is 5.32 Å². The van der Waals surface area contributed by atoms with Crippen LogP contribution in [-0.2, 0) is 11.2 Å². The lowest BCUT2D eigenvalue weighted by Gasteiger charge is -2.02. The van der Waals surface area contributed by atoms with E-state index in [-0.39, 0.29) is 12.3 Å². The van der Waals surface area contributed by atoms with Gasteiger partial charge in [-0.05, 0) is 17.7 Å². The molecule has 15 heavy (non-hydrogen) atoms. The highest BCUT2D eigenvalue weighted by atomic mass is 19.2. The minimum Gasteiger partial charge on any atom is -0.352 e. The highest BCUT2D eigenvalue weighted by Crippen LogP contribution is 2.08. The Labute approximate surface area is 86.6 Å². The van der Waals surface area contributed by atoms with Gasteiger partial charge in [-0.3, -0.25) is 4.79 Å². The molecule has 1 amide bonds. The summed E-state index contributed by atoms with van der Waals surface area (Å²) in [4.78, 5) is 11.2. The van der Waals surface area contributed by atoms with Crippen molar-refractivity contribution in [1.82, 2.24) is 5.32 Å². The molecule has 80 valence electrons. The van der Waals surface area contributed by atoms with Crippen LogP contribution in [0, 0.1) is 11.6 Å². The first-order valence-electron chi connectivity index (χ1n) is 4.45. The Morgan fingerprint density at radius 2 is 2.13 bits per heavy atom. The van der Waals surface area contributed by atoms with Gasteiger partial charge in [0.25, 0.3) is 0 Å². The van der Waals surface area contributed by atoms with Gasteiger partial charge in [-0.25, -0.2) is 8.78 Å². The molecule has 0 unspecified atom stereocenters. The van der Waals surface area contributed by atoms with E-state index in [4.69, 9.17) is 0 Å². The van der Waals surface area contributed by atoms with E-state index in [0.717, 1.165) is 12.1 Å². The zero-order valence-corrected chi connectivity index (χ0v) is 8.09. The minimum atomic E-state index is -0.941. The fourth-order valence-corrected chi connectivity index (χ4v) is 1.08. The molecule has 0 aliphatic rings. The normalized spacial score (nSPS) is 9.73. The highest BCUT2D eigenvalue weighted by molar-refractivity contribution is 5.78. The molecular formula is C11H11F2NO. The molecule has 0 aliphatic heterocycles. The van der Waals surface area contributed by atoms with Crippen molar-refractivity contribution in [3.63, 3.8) is 0 Å². The van der Waals surface area contributed by atoms with Crippen molar-refractivity contribution in [3.05, 3.63) is 48.1 Å². The van der Waals surface area contributed by atoms with Crippen LogP contribution in [0.1, 0.15) is 5.56 Å². The number of amides is 1. The molecule has 0 saturated carbocycles. The lowest BCUT2D eigenvalue weighted by molar-refractivity contribution is -0.120. The monoisotopic (exact) mass is 211 g/mol. The summed E-state index contributed by atoms with van der Waals surface area (Å²) in [6.45, 7) is 3.80. The molecule has 0 bridgehead atoms. The van der Waals surface area contributed by atoms with E-state index >= 15 is 0 Å². The van der Waals surface area contributed by atoms with Gasteiger partial charge in [0.05, 0.1) is 6.42 Å². The average molecular weight is 211 g/mol. The SMILES string of the molecule is C=CCNC(=O)Cc1ccc(F)c(F)c1. The van der Waals surface area contributed by atoms with Crippen molar-refractivity contribution in [2.75, 3.05) is 6.54 Å². The van der Waals surface area contributed by atoms with Crippen molar-refractivity contribution >= 4 is 5.91 Å². The van der Waals surface area contributed by atoms with E-state index in [1.807, 2.05) is 0 Å². The predicted octanol–water partition coefficient (Wildman–Crippen LogP) is 1.81. The molecule has 0 heterocycles. The fourth-order valence-electron chi connectivity index (χ4n) is 1.08. The van der Waals surface area contributed by atoms with E-state index in [9.17, 15) is 13.6 Å². The maximum Gasteiger partial charge on any atom is 0.224 e. The Kier molecular flexibility index (Phi) is 3.97. The molecule has 0 saturated heterocycles. The summed E-state index contributed by atoms with van der Waals surface area (Å²) < 4.78 is 25.3. The van der Waals surface area contributed by atoms with Crippen molar-refractivity contribution in [1.29, 1.82) is 0 Å². The molecular weight excluding hydrogens is 200 g/mol. The van der Waals surface area contributed by atoms with Crippen LogP contribution in [0.4, 0.5) is 8.78 Å². The second-order valence-electron chi connectivity index (χ2n) is 3.02. The Bertz CT molecular complexity index is 377. The van der Waals surface area contributed by atoms with Gasteiger partial charge in [-0.2, -0.15) is 0 Å². The Hall–Kier alpha value is -1.71. The molecule has 1 aromatic rings. The standard InChI is InChI=1S/C11H11F2NO/c1-2-5-14-11(15)7-8-3-4-9(12)10(13)6-8/h2-4,6H,1,5,7H2,(H,14,15). The average Bonchev–Trinajstić information content (AvgIpc) is 2.20. The van der Waals surface area contributed by atoms with E-state index in [1.165, 1.54) is 6.07 Å². The van der Waals surface area contributed by atoms with Gasteiger partial charge in [0.1, 0.15) is 0 Å². The number of hydrogen-bond donors (Lipinski definition) is 1. The second kappa shape index (κ2) is 5.24. The molecule has 0 aromatic heterocycles. The van der Waals surface area contributed by atoms with E-state index in [1.54, 1.807) is 6.08 Å². The van der Waals surface area contributed by atoms with Crippen LogP contribution in [0.15, 0.2) is 30.9 Å². The third-order valence-electron chi connectivity index (χ3n) is 1.79. The molecule has 1 rings (SSSR count). The quantitative estimate of drug-likeness (QED) is 0.756. The zero-order valence-electron chi connectivity index (χ0n) is 8.09.